The molecule has 0 amide bonds. The molecule has 2 aliphatic carbocycles. The van der Waals surface area contributed by atoms with Crippen LogP contribution in [0.3, 0.4) is 0 Å². The molecule has 2 nitrogen and oxygen atoms in total. The predicted octanol–water partition coefficient (Wildman–Crippen LogP) is 6.18. The van der Waals surface area contributed by atoms with Crippen molar-refractivity contribution in [2.24, 2.45) is 11.8 Å². The molecule has 0 bridgehead atoms. The number of allylic oxidation sites excluding steroid dienone is 3. The third-order valence-corrected chi connectivity index (χ3v) is 6.25. The van der Waals surface area contributed by atoms with Crippen molar-refractivity contribution in [2.45, 2.75) is 64.2 Å². The minimum atomic E-state index is 0.257. The molecule has 0 saturated heterocycles. The largest absolute Gasteiger partial charge is 0.192 e. The van der Waals surface area contributed by atoms with Crippen molar-refractivity contribution in [1.29, 1.82) is 10.5 Å². The second-order valence-corrected chi connectivity index (χ2v) is 7.77. The summed E-state index contributed by atoms with van der Waals surface area (Å²) < 4.78 is 1.97. The van der Waals surface area contributed by atoms with Crippen LogP contribution in [0.2, 0.25) is 0 Å². The molecule has 4 heteroatoms. The Morgan fingerprint density at radius 1 is 0.957 bits per heavy atom. The number of nitriles is 2. The summed E-state index contributed by atoms with van der Waals surface area (Å²) in [5, 5.41) is 18.7. The number of fused-ring (bicyclic) bond motifs is 1. The number of nitrogens with zero attached hydrogens (tertiary/aromatic N) is 2. The fraction of sp³-hybridized carbons (Fsp3) is 0.632. The quantitative estimate of drug-likeness (QED) is 0.196. The lowest BCUT2D eigenvalue weighted by Crippen LogP contribution is -2.16. The van der Waals surface area contributed by atoms with Crippen molar-refractivity contribution < 1.29 is 0 Å². The monoisotopic (exact) mass is 438 g/mol. The van der Waals surface area contributed by atoms with Gasteiger partial charge in [-0.2, -0.15) is 10.5 Å². The summed E-state index contributed by atoms with van der Waals surface area (Å²) in [4.78, 5) is 0.946. The second kappa shape index (κ2) is 9.55. The average Bonchev–Trinajstić information content (AvgIpc) is 2.68. The van der Waals surface area contributed by atoms with E-state index in [0.717, 1.165) is 28.9 Å². The van der Waals surface area contributed by atoms with Crippen molar-refractivity contribution in [1.82, 2.24) is 0 Å². The van der Waals surface area contributed by atoms with Crippen LogP contribution in [0.4, 0.5) is 0 Å². The number of hydrogen-bond acceptors (Lipinski definition) is 3. The molecule has 2 unspecified atom stereocenters. The SMILES string of the molecule is N#CC(C#N)=C1CC2CCCCCCCCC2CC(=S)/C1=C\I. The van der Waals surface area contributed by atoms with Gasteiger partial charge in [0.2, 0.25) is 0 Å². The maximum absolute atomic E-state index is 9.35. The summed E-state index contributed by atoms with van der Waals surface area (Å²) in [5.41, 5.74) is 2.13. The van der Waals surface area contributed by atoms with Gasteiger partial charge >= 0.3 is 0 Å². The molecule has 2 atom stereocenters. The number of thiocarbonyl (C=S) groups is 1. The molecular weight excluding hydrogens is 415 g/mol. The summed E-state index contributed by atoms with van der Waals surface area (Å²) >= 11 is 7.89. The normalized spacial score (nSPS) is 28.2. The summed E-state index contributed by atoms with van der Waals surface area (Å²) in [5.74, 6) is 1.18. The van der Waals surface area contributed by atoms with Crippen molar-refractivity contribution in [3.05, 3.63) is 20.8 Å². The van der Waals surface area contributed by atoms with Gasteiger partial charge < -0.3 is 0 Å². The van der Waals surface area contributed by atoms with Crippen LogP contribution >= 0.6 is 34.8 Å². The molecule has 0 aromatic rings. The van der Waals surface area contributed by atoms with Crippen LogP contribution in [-0.2, 0) is 0 Å². The standard InChI is InChI=1S/C19H23IN2S/c20-11-18-17(16(12-21)13-22)9-14-7-5-3-1-2-4-6-8-15(14)10-19(18)23/h11,14-15H,1-10H2/b18-11-. The van der Waals surface area contributed by atoms with Crippen LogP contribution in [0.1, 0.15) is 64.2 Å². The van der Waals surface area contributed by atoms with E-state index >= 15 is 0 Å². The summed E-state index contributed by atoms with van der Waals surface area (Å²) in [6.45, 7) is 0. The zero-order chi connectivity index (χ0) is 16.7. The Labute approximate surface area is 158 Å². The third kappa shape index (κ3) is 4.88. The zero-order valence-corrected chi connectivity index (χ0v) is 16.5. The highest BCUT2D eigenvalue weighted by molar-refractivity contribution is 14.1. The number of rotatable bonds is 0. The molecule has 0 heterocycles. The lowest BCUT2D eigenvalue weighted by Gasteiger charge is -2.26. The lowest BCUT2D eigenvalue weighted by molar-refractivity contribution is 0.281. The van der Waals surface area contributed by atoms with E-state index in [1.807, 2.05) is 4.08 Å². The molecule has 0 aromatic heterocycles. The maximum atomic E-state index is 9.35. The van der Waals surface area contributed by atoms with Gasteiger partial charge in [-0.25, -0.2) is 0 Å². The van der Waals surface area contributed by atoms with Crippen LogP contribution < -0.4 is 0 Å². The molecule has 2 rings (SSSR count). The van der Waals surface area contributed by atoms with E-state index in [9.17, 15) is 10.5 Å². The topological polar surface area (TPSA) is 47.6 Å². The van der Waals surface area contributed by atoms with Gasteiger partial charge in [-0.1, -0.05) is 73.3 Å². The average molecular weight is 438 g/mol. The van der Waals surface area contributed by atoms with Crippen LogP contribution in [0.5, 0.6) is 0 Å². The molecule has 122 valence electrons. The molecular formula is C19H23IN2S. The van der Waals surface area contributed by atoms with Gasteiger partial charge in [0.15, 0.2) is 0 Å². The van der Waals surface area contributed by atoms with Gasteiger partial charge in [-0.05, 0) is 52.7 Å². The zero-order valence-electron chi connectivity index (χ0n) is 13.5. The van der Waals surface area contributed by atoms with E-state index in [2.05, 4.69) is 34.7 Å². The minimum Gasteiger partial charge on any atom is -0.192 e. The number of hydrogen-bond donors (Lipinski definition) is 0. The van der Waals surface area contributed by atoms with E-state index in [0.29, 0.717) is 11.8 Å². The molecule has 2 saturated carbocycles. The number of halogens is 1. The Balaban J connectivity index is 2.37. The van der Waals surface area contributed by atoms with Crippen molar-refractivity contribution in [2.75, 3.05) is 0 Å². The fourth-order valence-electron chi connectivity index (χ4n) is 3.94. The van der Waals surface area contributed by atoms with Gasteiger partial charge in [0.25, 0.3) is 0 Å². The molecule has 0 aromatic carbocycles. The smallest absolute Gasteiger partial charge is 0.133 e. The van der Waals surface area contributed by atoms with Crippen LogP contribution in [0, 0.1) is 34.5 Å². The van der Waals surface area contributed by atoms with Crippen LogP contribution in [-0.4, -0.2) is 4.86 Å². The molecule has 0 aliphatic heterocycles. The van der Waals surface area contributed by atoms with Crippen LogP contribution in [0.15, 0.2) is 20.8 Å². The van der Waals surface area contributed by atoms with Crippen LogP contribution in [0.25, 0.3) is 0 Å². The van der Waals surface area contributed by atoms with Gasteiger partial charge in [0.05, 0.1) is 0 Å². The van der Waals surface area contributed by atoms with Gasteiger partial charge in [-0.15, -0.1) is 0 Å². The van der Waals surface area contributed by atoms with Crippen molar-refractivity contribution in [3.63, 3.8) is 0 Å². The van der Waals surface area contributed by atoms with Crippen molar-refractivity contribution in [3.8, 4) is 12.1 Å². The lowest BCUT2D eigenvalue weighted by atomic mass is 9.79. The molecule has 23 heavy (non-hydrogen) atoms. The summed E-state index contributed by atoms with van der Waals surface area (Å²) in [6, 6.07) is 4.19. The Kier molecular flexibility index (Phi) is 7.73. The Morgan fingerprint density at radius 2 is 1.48 bits per heavy atom. The Morgan fingerprint density at radius 3 is 2.00 bits per heavy atom. The summed E-state index contributed by atoms with van der Waals surface area (Å²) in [7, 11) is 0. The van der Waals surface area contributed by atoms with Crippen molar-refractivity contribution >= 4 is 39.7 Å². The molecule has 0 N–H and O–H groups in total. The first-order valence-electron chi connectivity index (χ1n) is 8.58. The van der Waals surface area contributed by atoms with E-state index in [1.54, 1.807) is 0 Å². The summed E-state index contributed by atoms with van der Waals surface area (Å²) in [6.07, 6.45) is 12.1. The second-order valence-electron chi connectivity index (χ2n) is 6.65. The maximum Gasteiger partial charge on any atom is 0.133 e. The van der Waals surface area contributed by atoms with E-state index in [-0.39, 0.29) is 5.57 Å². The van der Waals surface area contributed by atoms with E-state index in [1.165, 1.54) is 51.4 Å². The van der Waals surface area contributed by atoms with E-state index < -0.39 is 0 Å². The Hall–Kier alpha value is -0.720. The third-order valence-electron chi connectivity index (χ3n) is 5.24. The van der Waals surface area contributed by atoms with Gasteiger partial charge in [0.1, 0.15) is 17.7 Å². The van der Waals surface area contributed by atoms with Gasteiger partial charge in [0, 0.05) is 4.86 Å². The minimum absolute atomic E-state index is 0.257. The molecule has 0 radical (unpaired) electrons. The molecule has 2 aliphatic rings. The first-order valence-corrected chi connectivity index (χ1v) is 10.2. The Bertz CT molecular complexity index is 575. The van der Waals surface area contributed by atoms with Gasteiger partial charge in [-0.3, -0.25) is 0 Å². The highest BCUT2D eigenvalue weighted by Gasteiger charge is 2.31. The predicted molar refractivity (Wildman–Crippen MR) is 106 cm³/mol. The highest BCUT2D eigenvalue weighted by Crippen LogP contribution is 2.41. The molecule has 2 fully saturated rings. The highest BCUT2D eigenvalue weighted by atomic mass is 127. The fourth-order valence-corrected chi connectivity index (χ4v) is 5.30. The first-order chi connectivity index (χ1) is 11.2. The van der Waals surface area contributed by atoms with E-state index in [4.69, 9.17) is 12.2 Å². The molecule has 0 spiro atoms. The first kappa shape index (κ1) is 18.6.